The minimum atomic E-state index is 0.829. The largest absolute Gasteiger partial charge is 0.468 e. The van der Waals surface area contributed by atoms with Crippen molar-refractivity contribution in [3.8, 4) is 0 Å². The maximum Gasteiger partial charge on any atom is 0.118 e. The Morgan fingerprint density at radius 2 is 2.43 bits per heavy atom. The summed E-state index contributed by atoms with van der Waals surface area (Å²) in [7, 11) is 3.97. The van der Waals surface area contributed by atoms with Crippen LogP contribution in [-0.2, 0) is 13.1 Å². The Kier molecular flexibility index (Phi) is 4.43. The molecule has 0 saturated carbocycles. The maximum atomic E-state index is 5.42. The molecular weight excluding hydrogens is 176 g/mol. The molecule has 0 atom stereocenters. The predicted octanol–water partition coefficient (Wildman–Crippen LogP) is 1.62. The fourth-order valence-electron chi connectivity index (χ4n) is 1.36. The summed E-state index contributed by atoms with van der Waals surface area (Å²) >= 11 is 0. The molecule has 0 saturated heterocycles. The molecule has 0 spiro atoms. The summed E-state index contributed by atoms with van der Waals surface area (Å²) in [6, 6.07) is 2.08. The van der Waals surface area contributed by atoms with Crippen molar-refractivity contribution in [3.05, 3.63) is 36.3 Å². The average molecular weight is 194 g/mol. The van der Waals surface area contributed by atoms with Crippen LogP contribution in [-0.4, -0.2) is 25.5 Å². The van der Waals surface area contributed by atoms with Crippen LogP contribution in [0.5, 0.6) is 0 Å². The van der Waals surface area contributed by atoms with Gasteiger partial charge < -0.3 is 9.73 Å². The van der Waals surface area contributed by atoms with Crippen molar-refractivity contribution in [1.29, 1.82) is 0 Å². The lowest BCUT2D eigenvalue weighted by Crippen LogP contribution is -2.16. The van der Waals surface area contributed by atoms with Crippen molar-refractivity contribution >= 4 is 0 Å². The van der Waals surface area contributed by atoms with Crippen LogP contribution in [0.3, 0.4) is 0 Å². The Morgan fingerprint density at radius 1 is 1.64 bits per heavy atom. The average Bonchev–Trinajstić information content (AvgIpc) is 2.53. The van der Waals surface area contributed by atoms with Gasteiger partial charge in [-0.1, -0.05) is 6.08 Å². The number of likely N-dealkylation sites (N-methyl/N-ethyl adjacent to an activating group) is 1. The van der Waals surface area contributed by atoms with E-state index in [1.54, 1.807) is 6.26 Å². The third-order valence-electron chi connectivity index (χ3n) is 1.96. The normalized spacial score (nSPS) is 10.8. The van der Waals surface area contributed by atoms with E-state index in [2.05, 4.69) is 22.9 Å². The standard InChI is InChI=1S/C11H18N2O/c1-4-5-13(3)8-11-6-10(7-12-2)9-14-11/h4,6,9,12H,1,5,7-8H2,2-3H3. The van der Waals surface area contributed by atoms with Crippen LogP contribution in [0.15, 0.2) is 29.4 Å². The van der Waals surface area contributed by atoms with Gasteiger partial charge in [-0.05, 0) is 20.2 Å². The lowest BCUT2D eigenvalue weighted by molar-refractivity contribution is 0.322. The van der Waals surface area contributed by atoms with Gasteiger partial charge in [0, 0.05) is 18.7 Å². The molecule has 0 fully saturated rings. The van der Waals surface area contributed by atoms with Crippen LogP contribution < -0.4 is 5.32 Å². The molecule has 0 aliphatic carbocycles. The molecule has 3 nitrogen and oxygen atoms in total. The lowest BCUT2D eigenvalue weighted by Gasteiger charge is -2.11. The first kappa shape index (κ1) is 11.0. The minimum Gasteiger partial charge on any atom is -0.468 e. The van der Waals surface area contributed by atoms with Crippen LogP contribution in [0.2, 0.25) is 0 Å². The zero-order chi connectivity index (χ0) is 10.4. The van der Waals surface area contributed by atoms with Crippen molar-refractivity contribution in [2.75, 3.05) is 20.6 Å². The van der Waals surface area contributed by atoms with E-state index in [-0.39, 0.29) is 0 Å². The molecule has 3 heteroatoms. The van der Waals surface area contributed by atoms with Crippen LogP contribution >= 0.6 is 0 Å². The van der Waals surface area contributed by atoms with Gasteiger partial charge in [0.05, 0.1) is 12.8 Å². The highest BCUT2D eigenvalue weighted by Gasteiger charge is 2.03. The second kappa shape index (κ2) is 5.62. The van der Waals surface area contributed by atoms with E-state index in [0.29, 0.717) is 0 Å². The van der Waals surface area contributed by atoms with E-state index in [9.17, 15) is 0 Å². The van der Waals surface area contributed by atoms with Gasteiger partial charge in [-0.2, -0.15) is 0 Å². The van der Waals surface area contributed by atoms with Crippen LogP contribution in [0, 0.1) is 0 Å². The Morgan fingerprint density at radius 3 is 3.07 bits per heavy atom. The molecule has 1 rings (SSSR count). The fourth-order valence-corrected chi connectivity index (χ4v) is 1.36. The van der Waals surface area contributed by atoms with Gasteiger partial charge in [-0.15, -0.1) is 6.58 Å². The first-order chi connectivity index (χ1) is 6.76. The van der Waals surface area contributed by atoms with Gasteiger partial charge in [0.25, 0.3) is 0 Å². The van der Waals surface area contributed by atoms with Gasteiger partial charge in [0.1, 0.15) is 5.76 Å². The molecular formula is C11H18N2O. The first-order valence-corrected chi connectivity index (χ1v) is 4.76. The van der Waals surface area contributed by atoms with Crippen LogP contribution in [0.4, 0.5) is 0 Å². The first-order valence-electron chi connectivity index (χ1n) is 4.76. The van der Waals surface area contributed by atoms with E-state index in [4.69, 9.17) is 4.42 Å². The zero-order valence-corrected chi connectivity index (χ0v) is 8.92. The monoisotopic (exact) mass is 194 g/mol. The summed E-state index contributed by atoms with van der Waals surface area (Å²) in [5, 5.41) is 3.09. The highest BCUT2D eigenvalue weighted by atomic mass is 16.3. The van der Waals surface area contributed by atoms with Gasteiger partial charge in [-0.3, -0.25) is 4.90 Å². The molecule has 1 aromatic rings. The number of nitrogens with zero attached hydrogens (tertiary/aromatic N) is 1. The van der Waals surface area contributed by atoms with Crippen molar-refractivity contribution < 1.29 is 4.42 Å². The summed E-state index contributed by atoms with van der Waals surface area (Å²) < 4.78 is 5.42. The summed E-state index contributed by atoms with van der Waals surface area (Å²) in [4.78, 5) is 2.15. The Balaban J connectivity index is 2.46. The molecule has 1 N–H and O–H groups in total. The van der Waals surface area contributed by atoms with Gasteiger partial charge in [0.2, 0.25) is 0 Å². The Bertz CT molecular complexity index is 281. The summed E-state index contributed by atoms with van der Waals surface area (Å²) in [5.41, 5.74) is 1.19. The predicted molar refractivity (Wildman–Crippen MR) is 58.0 cm³/mol. The minimum absolute atomic E-state index is 0.829. The topological polar surface area (TPSA) is 28.4 Å². The number of furan rings is 1. The summed E-state index contributed by atoms with van der Waals surface area (Å²) in [6.45, 7) is 6.26. The third-order valence-corrected chi connectivity index (χ3v) is 1.96. The smallest absolute Gasteiger partial charge is 0.118 e. The van der Waals surface area contributed by atoms with Crippen molar-refractivity contribution in [1.82, 2.24) is 10.2 Å². The number of rotatable bonds is 6. The zero-order valence-electron chi connectivity index (χ0n) is 8.92. The third kappa shape index (κ3) is 3.36. The molecule has 0 aliphatic heterocycles. The fraction of sp³-hybridized carbons (Fsp3) is 0.455. The number of nitrogens with one attached hydrogen (secondary N) is 1. The SMILES string of the molecule is C=CCN(C)Cc1cc(CNC)co1. The molecule has 0 amide bonds. The van der Waals surface area contributed by atoms with E-state index in [1.165, 1.54) is 5.56 Å². The second-order valence-electron chi connectivity index (χ2n) is 3.44. The van der Waals surface area contributed by atoms with Crippen LogP contribution in [0.1, 0.15) is 11.3 Å². The Labute approximate surface area is 85.4 Å². The maximum absolute atomic E-state index is 5.42. The van der Waals surface area contributed by atoms with Crippen LogP contribution in [0.25, 0.3) is 0 Å². The number of hydrogen-bond acceptors (Lipinski definition) is 3. The second-order valence-corrected chi connectivity index (χ2v) is 3.44. The summed E-state index contributed by atoms with van der Waals surface area (Å²) in [6.07, 6.45) is 3.69. The molecule has 14 heavy (non-hydrogen) atoms. The van der Waals surface area contributed by atoms with E-state index in [0.717, 1.165) is 25.4 Å². The van der Waals surface area contributed by atoms with Crippen molar-refractivity contribution in [2.45, 2.75) is 13.1 Å². The Hall–Kier alpha value is -1.06. The molecule has 0 radical (unpaired) electrons. The molecule has 0 aliphatic rings. The van der Waals surface area contributed by atoms with Gasteiger partial charge in [0.15, 0.2) is 0 Å². The highest BCUT2D eigenvalue weighted by molar-refractivity contribution is 5.12. The molecule has 78 valence electrons. The molecule has 0 unspecified atom stereocenters. The molecule has 0 bridgehead atoms. The molecule has 1 heterocycles. The van der Waals surface area contributed by atoms with Gasteiger partial charge in [-0.25, -0.2) is 0 Å². The van der Waals surface area contributed by atoms with E-state index < -0.39 is 0 Å². The quantitative estimate of drug-likeness (QED) is 0.697. The van der Waals surface area contributed by atoms with Crippen molar-refractivity contribution in [2.24, 2.45) is 0 Å². The van der Waals surface area contributed by atoms with E-state index in [1.807, 2.05) is 20.2 Å². The van der Waals surface area contributed by atoms with E-state index >= 15 is 0 Å². The number of hydrogen-bond donors (Lipinski definition) is 1. The molecule has 1 aromatic heterocycles. The van der Waals surface area contributed by atoms with Crippen molar-refractivity contribution in [3.63, 3.8) is 0 Å². The summed E-state index contributed by atoms with van der Waals surface area (Å²) in [5.74, 6) is 1.000. The highest BCUT2D eigenvalue weighted by Crippen LogP contribution is 2.09. The molecule has 0 aromatic carbocycles. The lowest BCUT2D eigenvalue weighted by atomic mass is 10.3. The van der Waals surface area contributed by atoms with Gasteiger partial charge >= 0.3 is 0 Å².